The van der Waals surface area contributed by atoms with Crippen molar-refractivity contribution in [2.24, 2.45) is 11.5 Å². The molecule has 2 amide bonds. The maximum Gasteiger partial charge on any atom is 0.231 e. The van der Waals surface area contributed by atoms with E-state index in [4.69, 9.17) is 11.5 Å². The molecule has 0 fully saturated rings. The molecule has 2 atom stereocenters. The zero-order valence-electron chi connectivity index (χ0n) is 14.0. The van der Waals surface area contributed by atoms with Crippen LogP contribution in [0.25, 0.3) is 0 Å². The highest BCUT2D eigenvalue weighted by atomic mass is 33.1. The Bertz CT molecular complexity index is 285. The molecule has 6 heteroatoms. The normalized spacial score (nSPS) is 13.7. The summed E-state index contributed by atoms with van der Waals surface area (Å²) >= 11 is 0. The predicted octanol–water partition coefficient (Wildman–Crippen LogP) is 4.02. The molecule has 0 aliphatic rings. The van der Waals surface area contributed by atoms with E-state index in [1.165, 1.54) is 47.3 Å². The molecule has 130 valence electrons. The Balaban J connectivity index is 4.15. The van der Waals surface area contributed by atoms with Crippen LogP contribution in [0, 0.1) is 0 Å². The zero-order chi connectivity index (χ0) is 16.8. The molecule has 0 aliphatic carbocycles. The average Bonchev–Trinajstić information content (AvgIpc) is 2.47. The first-order valence-corrected chi connectivity index (χ1v) is 10.7. The van der Waals surface area contributed by atoms with Crippen molar-refractivity contribution in [3.8, 4) is 0 Å². The molecule has 0 rings (SSSR count). The summed E-state index contributed by atoms with van der Waals surface area (Å²) in [6.45, 7) is 4.32. The van der Waals surface area contributed by atoms with E-state index >= 15 is 0 Å². The fourth-order valence-electron chi connectivity index (χ4n) is 2.12. The number of nitrogens with two attached hydrogens (primary N) is 2. The van der Waals surface area contributed by atoms with Gasteiger partial charge in [0.05, 0.1) is 10.5 Å². The van der Waals surface area contributed by atoms with Gasteiger partial charge in [-0.25, -0.2) is 0 Å². The fraction of sp³-hybridized carbons (Fsp3) is 0.875. The maximum absolute atomic E-state index is 11.5. The first kappa shape index (κ1) is 21.6. The number of hydrogen-bond donors (Lipinski definition) is 2. The molecule has 0 aliphatic heterocycles. The van der Waals surface area contributed by atoms with Crippen LogP contribution < -0.4 is 11.5 Å². The van der Waals surface area contributed by atoms with E-state index in [0.717, 1.165) is 38.5 Å². The van der Waals surface area contributed by atoms with E-state index in [1.54, 1.807) is 0 Å². The smallest absolute Gasteiger partial charge is 0.231 e. The molecule has 0 saturated heterocycles. The monoisotopic (exact) mass is 348 g/mol. The second-order valence-electron chi connectivity index (χ2n) is 5.67. The molecule has 0 aromatic carbocycles. The molecular formula is C16H32N2O2S2. The Hall–Kier alpha value is -0.360. The van der Waals surface area contributed by atoms with Crippen molar-refractivity contribution < 1.29 is 9.59 Å². The summed E-state index contributed by atoms with van der Waals surface area (Å²) in [6, 6.07) is 0. The summed E-state index contributed by atoms with van der Waals surface area (Å²) in [6.07, 6.45) is 10.6. The van der Waals surface area contributed by atoms with Crippen LogP contribution in [0.15, 0.2) is 0 Å². The van der Waals surface area contributed by atoms with Gasteiger partial charge in [0.2, 0.25) is 11.8 Å². The van der Waals surface area contributed by atoms with Gasteiger partial charge in [-0.15, -0.1) is 0 Å². The molecule has 0 spiro atoms. The lowest BCUT2D eigenvalue weighted by molar-refractivity contribution is -0.118. The van der Waals surface area contributed by atoms with Gasteiger partial charge in [0, 0.05) is 0 Å². The first-order valence-electron chi connectivity index (χ1n) is 8.43. The number of carbonyl (C=O) groups excluding carboxylic acids is 2. The Morgan fingerprint density at radius 3 is 1.36 bits per heavy atom. The third-order valence-corrected chi connectivity index (χ3v) is 6.80. The summed E-state index contributed by atoms with van der Waals surface area (Å²) in [5, 5.41) is -0.446. The van der Waals surface area contributed by atoms with Crippen LogP contribution in [0.2, 0.25) is 0 Å². The van der Waals surface area contributed by atoms with Crippen LogP contribution in [0.3, 0.4) is 0 Å². The summed E-state index contributed by atoms with van der Waals surface area (Å²) < 4.78 is 0. The van der Waals surface area contributed by atoms with Gasteiger partial charge in [-0.3, -0.25) is 9.59 Å². The van der Waals surface area contributed by atoms with Crippen molar-refractivity contribution in [2.75, 3.05) is 0 Å². The highest BCUT2D eigenvalue weighted by Crippen LogP contribution is 2.35. The molecule has 0 aromatic rings. The van der Waals surface area contributed by atoms with Crippen LogP contribution in [-0.2, 0) is 9.59 Å². The van der Waals surface area contributed by atoms with Crippen LogP contribution in [0.1, 0.15) is 78.1 Å². The van der Waals surface area contributed by atoms with Crippen LogP contribution in [0.5, 0.6) is 0 Å². The fourth-order valence-corrected chi connectivity index (χ4v) is 5.06. The van der Waals surface area contributed by atoms with E-state index in [2.05, 4.69) is 13.8 Å². The summed E-state index contributed by atoms with van der Waals surface area (Å²) in [7, 11) is 2.86. The number of rotatable bonds is 15. The molecule has 0 bridgehead atoms. The average molecular weight is 349 g/mol. The predicted molar refractivity (Wildman–Crippen MR) is 98.7 cm³/mol. The van der Waals surface area contributed by atoms with E-state index < -0.39 is 0 Å². The van der Waals surface area contributed by atoms with Gasteiger partial charge in [0.25, 0.3) is 0 Å². The Kier molecular flexibility index (Phi) is 14.0. The van der Waals surface area contributed by atoms with Crippen LogP contribution >= 0.6 is 21.6 Å². The van der Waals surface area contributed by atoms with Gasteiger partial charge in [0.1, 0.15) is 0 Å². The Morgan fingerprint density at radius 1 is 0.727 bits per heavy atom. The first-order chi connectivity index (χ1) is 10.5. The third-order valence-electron chi connectivity index (χ3n) is 3.56. The lowest BCUT2D eigenvalue weighted by Gasteiger charge is -2.16. The van der Waals surface area contributed by atoms with Gasteiger partial charge in [-0.05, 0) is 12.8 Å². The molecule has 2 unspecified atom stereocenters. The van der Waals surface area contributed by atoms with Crippen molar-refractivity contribution in [2.45, 2.75) is 88.6 Å². The quantitative estimate of drug-likeness (QED) is 0.346. The number of carbonyl (C=O) groups is 2. The third kappa shape index (κ3) is 11.2. The lowest BCUT2D eigenvalue weighted by Crippen LogP contribution is -2.28. The van der Waals surface area contributed by atoms with E-state index in [0.29, 0.717) is 0 Å². The zero-order valence-corrected chi connectivity index (χ0v) is 15.6. The van der Waals surface area contributed by atoms with Gasteiger partial charge in [-0.1, -0.05) is 86.8 Å². The van der Waals surface area contributed by atoms with Gasteiger partial charge in [-0.2, -0.15) is 0 Å². The van der Waals surface area contributed by atoms with Gasteiger partial charge < -0.3 is 11.5 Å². The molecule has 4 N–H and O–H groups in total. The molecule has 0 aromatic heterocycles. The molecule has 0 radical (unpaired) electrons. The maximum atomic E-state index is 11.5. The van der Waals surface area contributed by atoms with Crippen LogP contribution in [-0.4, -0.2) is 22.3 Å². The van der Waals surface area contributed by atoms with Crippen molar-refractivity contribution in [1.29, 1.82) is 0 Å². The lowest BCUT2D eigenvalue weighted by atomic mass is 10.1. The minimum Gasteiger partial charge on any atom is -0.369 e. The molecule has 0 saturated carbocycles. The van der Waals surface area contributed by atoms with E-state index in [-0.39, 0.29) is 22.3 Å². The molecule has 4 nitrogen and oxygen atoms in total. The van der Waals surface area contributed by atoms with Crippen molar-refractivity contribution in [3.63, 3.8) is 0 Å². The summed E-state index contributed by atoms with van der Waals surface area (Å²) in [5.74, 6) is -0.577. The van der Waals surface area contributed by atoms with Gasteiger partial charge >= 0.3 is 0 Å². The number of unbranched alkanes of at least 4 members (excludes halogenated alkanes) is 6. The summed E-state index contributed by atoms with van der Waals surface area (Å²) in [4.78, 5) is 23.0. The second kappa shape index (κ2) is 14.2. The van der Waals surface area contributed by atoms with Crippen LogP contribution in [0.4, 0.5) is 0 Å². The molecular weight excluding hydrogens is 316 g/mol. The largest absolute Gasteiger partial charge is 0.369 e. The minimum atomic E-state index is -0.289. The van der Waals surface area contributed by atoms with Crippen molar-refractivity contribution >= 4 is 33.4 Å². The minimum absolute atomic E-state index is 0.223. The van der Waals surface area contributed by atoms with E-state index in [1.807, 2.05) is 0 Å². The standard InChI is InChI=1S/C16H32N2O2S2/c1-3-5-7-9-11-13(15(17)19)21-22-14(16(18)20)12-10-8-6-4-2/h13-14H,3-12H2,1-2H3,(H2,17,19)(H2,18,20). The Morgan fingerprint density at radius 2 is 1.09 bits per heavy atom. The number of primary amides is 2. The second-order valence-corrected chi connectivity index (χ2v) is 8.35. The van der Waals surface area contributed by atoms with Crippen molar-refractivity contribution in [1.82, 2.24) is 0 Å². The number of amides is 2. The summed E-state index contributed by atoms with van der Waals surface area (Å²) in [5.41, 5.74) is 10.9. The molecule has 22 heavy (non-hydrogen) atoms. The topological polar surface area (TPSA) is 86.2 Å². The SMILES string of the molecule is CCCCCCC(SSC(CCCCCC)C(N)=O)C(N)=O. The van der Waals surface area contributed by atoms with Gasteiger partial charge in [0.15, 0.2) is 0 Å². The van der Waals surface area contributed by atoms with E-state index in [9.17, 15) is 9.59 Å². The van der Waals surface area contributed by atoms with Crippen molar-refractivity contribution in [3.05, 3.63) is 0 Å². The number of hydrogen-bond acceptors (Lipinski definition) is 4. The highest BCUT2D eigenvalue weighted by molar-refractivity contribution is 8.77. The Labute approximate surface area is 143 Å². The highest BCUT2D eigenvalue weighted by Gasteiger charge is 2.22. The molecule has 0 heterocycles.